The molecule has 0 aliphatic heterocycles. The lowest BCUT2D eigenvalue weighted by atomic mass is 10.0. The fourth-order valence-electron chi connectivity index (χ4n) is 7.05. The first-order valence-electron chi connectivity index (χ1n) is 25.1. The Morgan fingerprint density at radius 3 is 1.33 bits per heavy atom. The maximum atomic E-state index is 12.7. The number of allylic oxidation sites excluding steroid dienone is 4. The molecule has 0 bridgehead atoms. The van der Waals surface area contributed by atoms with Crippen LogP contribution in [0.2, 0.25) is 0 Å². The highest BCUT2D eigenvalue weighted by Gasteiger charge is 2.27. The maximum Gasteiger partial charge on any atom is 0.472 e. The molecule has 0 rings (SSSR count). The first-order chi connectivity index (χ1) is 29.0. The molecule has 0 radical (unpaired) electrons. The van der Waals surface area contributed by atoms with Crippen LogP contribution in [0.4, 0.5) is 0 Å². The van der Waals surface area contributed by atoms with E-state index in [-0.39, 0.29) is 25.6 Å². The van der Waals surface area contributed by atoms with Gasteiger partial charge in [0.05, 0.1) is 27.7 Å². The summed E-state index contributed by atoms with van der Waals surface area (Å²) in [5.74, 6) is -0.796. The van der Waals surface area contributed by atoms with Crippen LogP contribution >= 0.6 is 7.82 Å². The number of quaternary nitrogens is 1. The number of likely N-dealkylation sites (N-methyl/N-ethyl adjacent to an activating group) is 1. The summed E-state index contributed by atoms with van der Waals surface area (Å²) < 4.78 is 34.4. The van der Waals surface area contributed by atoms with Gasteiger partial charge in [0.1, 0.15) is 19.8 Å². The molecule has 0 aliphatic rings. The third kappa shape index (κ3) is 46.0. The summed E-state index contributed by atoms with van der Waals surface area (Å²) in [4.78, 5) is 35.5. The molecule has 9 nitrogen and oxygen atoms in total. The molecule has 0 saturated heterocycles. The molecule has 0 aliphatic carbocycles. The molecular formula is C50H97NO8P+. The second-order valence-corrected chi connectivity index (χ2v) is 19.7. The number of ether oxygens (including phenoxy) is 2. The number of hydrogen-bond donors (Lipinski definition) is 1. The van der Waals surface area contributed by atoms with Gasteiger partial charge >= 0.3 is 19.8 Å². The lowest BCUT2D eigenvalue weighted by Gasteiger charge is -2.24. The van der Waals surface area contributed by atoms with Crippen LogP contribution in [0.15, 0.2) is 24.3 Å². The van der Waals surface area contributed by atoms with E-state index in [1.807, 2.05) is 21.1 Å². The van der Waals surface area contributed by atoms with Gasteiger partial charge in [-0.3, -0.25) is 18.6 Å². The zero-order valence-corrected chi connectivity index (χ0v) is 40.9. The van der Waals surface area contributed by atoms with Crippen molar-refractivity contribution >= 4 is 19.8 Å². The van der Waals surface area contributed by atoms with Gasteiger partial charge in [-0.2, -0.15) is 0 Å². The maximum absolute atomic E-state index is 12.7. The third-order valence-electron chi connectivity index (χ3n) is 11.0. The summed E-state index contributed by atoms with van der Waals surface area (Å²) >= 11 is 0. The summed E-state index contributed by atoms with van der Waals surface area (Å²) in [6, 6.07) is 0. The van der Waals surface area contributed by atoms with Crippen LogP contribution in [0.5, 0.6) is 0 Å². The van der Waals surface area contributed by atoms with Crippen LogP contribution in [0, 0.1) is 0 Å². The predicted molar refractivity (Wildman–Crippen MR) is 252 cm³/mol. The number of phosphoric ester groups is 1. The molecule has 1 N–H and O–H groups in total. The number of hydrogen-bond acceptors (Lipinski definition) is 7. The van der Waals surface area contributed by atoms with Crippen molar-refractivity contribution in [2.24, 2.45) is 0 Å². The van der Waals surface area contributed by atoms with Gasteiger partial charge in [0, 0.05) is 12.8 Å². The Morgan fingerprint density at radius 2 is 0.900 bits per heavy atom. The van der Waals surface area contributed by atoms with Crippen LogP contribution < -0.4 is 0 Å². The Kier molecular flexibility index (Phi) is 41.7. The van der Waals surface area contributed by atoms with Crippen LogP contribution in [0.3, 0.4) is 0 Å². The van der Waals surface area contributed by atoms with Gasteiger partial charge in [0.2, 0.25) is 0 Å². The second-order valence-electron chi connectivity index (χ2n) is 18.2. The molecule has 0 heterocycles. The van der Waals surface area contributed by atoms with E-state index < -0.39 is 26.5 Å². The van der Waals surface area contributed by atoms with Crippen LogP contribution in [0.1, 0.15) is 232 Å². The highest BCUT2D eigenvalue weighted by Crippen LogP contribution is 2.43. The number of carbonyl (C=O) groups is 2. The smallest absolute Gasteiger partial charge is 0.462 e. The number of esters is 2. The molecule has 10 heteroatoms. The summed E-state index contributed by atoms with van der Waals surface area (Å²) in [5.41, 5.74) is 0. The zero-order valence-electron chi connectivity index (χ0n) is 40.0. The van der Waals surface area contributed by atoms with Gasteiger partial charge in [0.15, 0.2) is 6.10 Å². The first kappa shape index (κ1) is 58.5. The molecule has 354 valence electrons. The second kappa shape index (κ2) is 42.8. The van der Waals surface area contributed by atoms with Gasteiger partial charge in [-0.05, 0) is 44.9 Å². The van der Waals surface area contributed by atoms with Crippen molar-refractivity contribution in [3.8, 4) is 0 Å². The summed E-state index contributed by atoms with van der Waals surface area (Å²) in [5, 5.41) is 0. The minimum absolute atomic E-state index is 0.0321. The molecular weight excluding hydrogens is 774 g/mol. The van der Waals surface area contributed by atoms with E-state index in [0.29, 0.717) is 23.9 Å². The number of nitrogens with zero attached hydrogens (tertiary/aromatic N) is 1. The highest BCUT2D eigenvalue weighted by atomic mass is 31.2. The fraction of sp³-hybridized carbons (Fsp3) is 0.880. The Morgan fingerprint density at radius 1 is 0.517 bits per heavy atom. The van der Waals surface area contributed by atoms with E-state index in [4.69, 9.17) is 18.5 Å². The Balaban J connectivity index is 4.26. The minimum Gasteiger partial charge on any atom is -0.462 e. The SMILES string of the molecule is CCCCCC/C=C\C/C=C\CCCCCCCCCC(=O)OC(COC(=O)CCCCCCCCCCCCCCCCCCCC)COP(=O)(O)OCC[N+](C)(C)C. The fourth-order valence-corrected chi connectivity index (χ4v) is 7.79. The predicted octanol–water partition coefficient (Wildman–Crippen LogP) is 14.7. The molecule has 0 fully saturated rings. The molecule has 0 aromatic carbocycles. The van der Waals surface area contributed by atoms with Crippen LogP contribution in [0.25, 0.3) is 0 Å². The van der Waals surface area contributed by atoms with Crippen molar-refractivity contribution in [1.82, 2.24) is 0 Å². The van der Waals surface area contributed by atoms with Crippen LogP contribution in [-0.2, 0) is 32.7 Å². The summed E-state index contributed by atoms with van der Waals surface area (Å²) in [6.45, 7) is 4.43. The van der Waals surface area contributed by atoms with Crippen molar-refractivity contribution in [3.63, 3.8) is 0 Å². The minimum atomic E-state index is -4.38. The molecule has 0 aromatic heterocycles. The number of unbranched alkanes of at least 4 members (excludes halogenated alkanes) is 28. The third-order valence-corrected chi connectivity index (χ3v) is 12.0. The standard InChI is InChI=1S/C50H96NO8P/c1-6-8-10-12-14-16-18-20-22-24-26-28-30-32-34-36-38-40-42-49(52)56-46-48(47-58-60(54,55)57-45-44-51(3,4)5)59-50(53)43-41-39-37-35-33-31-29-27-25-23-21-19-17-15-13-11-9-7-2/h17,19,23,25,48H,6-16,18,20-22,24,26-47H2,1-5H3/p+1/b19-17-,25-23-. The lowest BCUT2D eigenvalue weighted by Crippen LogP contribution is -2.37. The zero-order chi connectivity index (χ0) is 44.3. The van der Waals surface area contributed by atoms with Gasteiger partial charge < -0.3 is 18.9 Å². The monoisotopic (exact) mass is 871 g/mol. The van der Waals surface area contributed by atoms with Crippen molar-refractivity contribution < 1.29 is 42.1 Å². The van der Waals surface area contributed by atoms with E-state index in [1.54, 1.807) is 0 Å². The Bertz CT molecular complexity index is 1070. The highest BCUT2D eigenvalue weighted by molar-refractivity contribution is 7.47. The molecule has 0 aromatic rings. The Labute approximate surface area is 370 Å². The van der Waals surface area contributed by atoms with E-state index in [9.17, 15) is 19.0 Å². The van der Waals surface area contributed by atoms with Crippen molar-refractivity contribution in [2.45, 2.75) is 238 Å². The van der Waals surface area contributed by atoms with Gasteiger partial charge in [-0.1, -0.05) is 199 Å². The van der Waals surface area contributed by atoms with E-state index >= 15 is 0 Å². The number of carbonyl (C=O) groups excluding carboxylic acids is 2. The van der Waals surface area contributed by atoms with Crippen LogP contribution in [-0.4, -0.2) is 74.9 Å². The molecule has 2 atom stereocenters. The van der Waals surface area contributed by atoms with Gasteiger partial charge in [-0.15, -0.1) is 0 Å². The van der Waals surface area contributed by atoms with Crippen molar-refractivity contribution in [2.75, 3.05) is 47.5 Å². The molecule has 60 heavy (non-hydrogen) atoms. The molecule has 2 unspecified atom stereocenters. The van der Waals surface area contributed by atoms with Gasteiger partial charge in [0.25, 0.3) is 0 Å². The summed E-state index contributed by atoms with van der Waals surface area (Å²) in [7, 11) is 1.48. The topological polar surface area (TPSA) is 108 Å². The molecule has 0 spiro atoms. The number of phosphoric acid groups is 1. The summed E-state index contributed by atoms with van der Waals surface area (Å²) in [6.07, 6.45) is 47.9. The average molecular weight is 871 g/mol. The molecule has 0 amide bonds. The van der Waals surface area contributed by atoms with E-state index in [1.165, 1.54) is 148 Å². The number of rotatable bonds is 46. The lowest BCUT2D eigenvalue weighted by molar-refractivity contribution is -0.870. The van der Waals surface area contributed by atoms with Crippen molar-refractivity contribution in [3.05, 3.63) is 24.3 Å². The normalized spacial score (nSPS) is 13.6. The van der Waals surface area contributed by atoms with Gasteiger partial charge in [-0.25, -0.2) is 4.57 Å². The first-order valence-corrected chi connectivity index (χ1v) is 26.6. The van der Waals surface area contributed by atoms with E-state index in [0.717, 1.165) is 51.4 Å². The van der Waals surface area contributed by atoms with E-state index in [2.05, 4.69) is 38.2 Å². The largest absolute Gasteiger partial charge is 0.472 e. The van der Waals surface area contributed by atoms with Crippen molar-refractivity contribution in [1.29, 1.82) is 0 Å². The average Bonchev–Trinajstić information content (AvgIpc) is 3.20. The quantitative estimate of drug-likeness (QED) is 0.0212. The Hall–Kier alpha value is -1.51. The molecule has 0 saturated carbocycles.